The minimum atomic E-state index is -4.19. The van der Waals surface area contributed by atoms with Crippen LogP contribution in [0.2, 0.25) is 5.02 Å². The molecule has 4 N–H and O–H groups in total. The van der Waals surface area contributed by atoms with Gasteiger partial charge in [0.15, 0.2) is 27.3 Å². The molecule has 0 aromatic heterocycles. The zero-order valence-electron chi connectivity index (χ0n) is 21.4. The summed E-state index contributed by atoms with van der Waals surface area (Å²) in [5.41, 5.74) is -2.30. The molecular weight excluding hydrogens is 597 g/mol. The molecule has 3 unspecified atom stereocenters. The first kappa shape index (κ1) is 30.7. The van der Waals surface area contributed by atoms with Gasteiger partial charge in [-0.25, -0.2) is 34.7 Å². The molecule has 6 atom stereocenters. The Morgan fingerprint density at radius 1 is 1.10 bits per heavy atom. The van der Waals surface area contributed by atoms with Gasteiger partial charge in [0.25, 0.3) is 5.91 Å². The number of hydrogen-bond donors (Lipinski definition) is 4. The van der Waals surface area contributed by atoms with Crippen LogP contribution >= 0.6 is 11.6 Å². The minimum Gasteiger partial charge on any atom is -0.389 e. The molecule has 2 fully saturated rings. The summed E-state index contributed by atoms with van der Waals surface area (Å²) >= 11 is 6.23. The van der Waals surface area contributed by atoms with E-state index in [1.54, 1.807) is 0 Å². The maximum Gasteiger partial charge on any atom is 0.255 e. The highest BCUT2D eigenvalue weighted by atomic mass is 35.5. The predicted molar refractivity (Wildman–Crippen MR) is 140 cm³/mol. The van der Waals surface area contributed by atoms with Crippen molar-refractivity contribution in [2.45, 2.75) is 48.0 Å². The molecule has 4 rings (SSSR count). The molecule has 2 aliphatic rings. The van der Waals surface area contributed by atoms with Gasteiger partial charge in [-0.2, -0.15) is 0 Å². The molecule has 2 aliphatic carbocycles. The highest BCUT2D eigenvalue weighted by Crippen LogP contribution is 2.56. The Labute approximate surface area is 234 Å². The van der Waals surface area contributed by atoms with E-state index < -0.39 is 78.6 Å². The van der Waals surface area contributed by atoms with Gasteiger partial charge in [0.2, 0.25) is 10.0 Å². The van der Waals surface area contributed by atoms with Crippen LogP contribution in [0.1, 0.15) is 36.5 Å². The standard InChI is InChI=1S/C25H28ClF3N2O7S2/c1-12-5-14-7-16(10-17(12)25(14,34)22(32)11-30-39(2,35)36)40(37,38)21-6-13(3-4-18(21)26)24(33)31-15-8-19(27)23(29)20(28)9-15/h3-4,6,8-9,12,14,16-17,22,30,32,34H,5,7,10-11H2,1-2H3,(H,31,33)/t12-,14?,16?,17+,22?,25+/m0/s1. The van der Waals surface area contributed by atoms with E-state index in [4.69, 9.17) is 11.6 Å². The highest BCUT2D eigenvalue weighted by molar-refractivity contribution is 7.92. The second-order valence-electron chi connectivity index (χ2n) is 10.5. The SMILES string of the molecule is C[C@H]1CC2CC(S(=O)(=O)c3cc(C(=O)Nc4cc(F)c(F)c(F)c4)ccc3Cl)C[C@H]1[C@@]2(O)C(O)CNS(C)(=O)=O. The lowest BCUT2D eigenvalue weighted by atomic mass is 9.70. The van der Waals surface area contributed by atoms with Gasteiger partial charge in [-0.3, -0.25) is 4.79 Å². The fourth-order valence-electron chi connectivity index (χ4n) is 6.00. The third kappa shape index (κ3) is 5.74. The topological polar surface area (TPSA) is 150 Å². The normalized spacial score (nSPS) is 27.4. The maximum absolute atomic E-state index is 13.7. The van der Waals surface area contributed by atoms with Crippen LogP contribution in [-0.2, 0) is 19.9 Å². The average molecular weight is 625 g/mol. The van der Waals surface area contributed by atoms with E-state index in [0.717, 1.165) is 12.3 Å². The molecule has 0 heterocycles. The quantitative estimate of drug-likeness (QED) is 0.330. The number of amides is 1. The molecule has 0 radical (unpaired) electrons. The van der Waals surface area contributed by atoms with Gasteiger partial charge in [0, 0.05) is 29.9 Å². The third-order valence-corrected chi connectivity index (χ3v) is 11.3. The van der Waals surface area contributed by atoms with Crippen molar-refractivity contribution >= 4 is 43.1 Å². The van der Waals surface area contributed by atoms with Crippen molar-refractivity contribution in [2.75, 3.05) is 18.1 Å². The van der Waals surface area contributed by atoms with Crippen LogP contribution in [-0.4, -0.2) is 62.7 Å². The van der Waals surface area contributed by atoms with Crippen molar-refractivity contribution in [1.29, 1.82) is 0 Å². The van der Waals surface area contributed by atoms with E-state index in [9.17, 15) is 45.0 Å². The summed E-state index contributed by atoms with van der Waals surface area (Å²) in [4.78, 5) is 12.4. The molecule has 0 saturated heterocycles. The molecule has 9 nitrogen and oxygen atoms in total. The van der Waals surface area contributed by atoms with Crippen molar-refractivity contribution in [3.05, 3.63) is 58.4 Å². The van der Waals surface area contributed by atoms with E-state index >= 15 is 0 Å². The molecule has 2 aromatic carbocycles. The summed E-state index contributed by atoms with van der Waals surface area (Å²) in [5.74, 6) is -7.18. The van der Waals surface area contributed by atoms with Gasteiger partial charge in [-0.05, 0) is 55.2 Å². The highest BCUT2D eigenvalue weighted by Gasteiger charge is 2.61. The summed E-state index contributed by atoms with van der Waals surface area (Å²) in [7, 11) is -7.83. The number of fused-ring (bicyclic) bond motifs is 2. The van der Waals surface area contributed by atoms with Crippen LogP contribution in [0.25, 0.3) is 0 Å². The van der Waals surface area contributed by atoms with Crippen molar-refractivity contribution in [1.82, 2.24) is 4.72 Å². The number of halogens is 4. The Hall–Kier alpha value is -2.23. The number of sulfone groups is 1. The van der Waals surface area contributed by atoms with Gasteiger partial charge in [0.1, 0.15) is 0 Å². The van der Waals surface area contributed by atoms with Crippen LogP contribution in [0.3, 0.4) is 0 Å². The number of aliphatic hydroxyl groups is 2. The zero-order chi connectivity index (χ0) is 29.8. The number of anilines is 1. The Morgan fingerprint density at radius 2 is 1.73 bits per heavy atom. The Balaban J connectivity index is 1.58. The summed E-state index contributed by atoms with van der Waals surface area (Å²) < 4.78 is 92.9. The average Bonchev–Trinajstić information content (AvgIpc) is 2.98. The fourth-order valence-corrected chi connectivity index (χ4v) is 8.84. The van der Waals surface area contributed by atoms with Gasteiger partial charge in [0.05, 0.1) is 33.1 Å². The smallest absolute Gasteiger partial charge is 0.255 e. The largest absolute Gasteiger partial charge is 0.389 e. The molecular formula is C25H28ClF3N2O7S2. The van der Waals surface area contributed by atoms with Crippen LogP contribution in [0.4, 0.5) is 18.9 Å². The van der Waals surface area contributed by atoms with Crippen molar-refractivity contribution < 1.29 is 45.0 Å². The lowest BCUT2D eigenvalue weighted by Gasteiger charge is -2.45. The summed E-state index contributed by atoms with van der Waals surface area (Å²) in [6, 6.07) is 4.57. The first-order valence-corrected chi connectivity index (χ1v) is 16.1. The zero-order valence-corrected chi connectivity index (χ0v) is 23.8. The van der Waals surface area contributed by atoms with Gasteiger partial charge in [-0.1, -0.05) is 18.5 Å². The van der Waals surface area contributed by atoms with E-state index in [1.165, 1.54) is 12.1 Å². The molecule has 2 aromatic rings. The van der Waals surface area contributed by atoms with E-state index in [2.05, 4.69) is 10.0 Å². The number of sulfonamides is 1. The van der Waals surface area contributed by atoms with Crippen LogP contribution in [0, 0.1) is 35.2 Å². The summed E-state index contributed by atoms with van der Waals surface area (Å²) in [6.07, 6.45) is -0.241. The monoisotopic (exact) mass is 624 g/mol. The number of aliphatic hydroxyl groups excluding tert-OH is 1. The van der Waals surface area contributed by atoms with E-state index in [-0.39, 0.29) is 39.9 Å². The van der Waals surface area contributed by atoms with Gasteiger partial charge in [-0.15, -0.1) is 0 Å². The number of carbonyl (C=O) groups excluding carboxylic acids is 1. The number of hydrogen-bond acceptors (Lipinski definition) is 7. The number of rotatable bonds is 8. The van der Waals surface area contributed by atoms with Gasteiger partial charge < -0.3 is 15.5 Å². The molecule has 2 bridgehead atoms. The maximum atomic E-state index is 13.7. The summed E-state index contributed by atoms with van der Waals surface area (Å²) in [5, 5.41) is 23.2. The number of carbonyl (C=O) groups is 1. The first-order valence-electron chi connectivity index (χ1n) is 12.3. The molecule has 0 spiro atoms. The van der Waals surface area contributed by atoms with Crippen LogP contribution in [0.5, 0.6) is 0 Å². The lowest BCUT2D eigenvalue weighted by Crippen LogP contribution is -2.59. The lowest BCUT2D eigenvalue weighted by molar-refractivity contribution is -0.142. The first-order chi connectivity index (χ1) is 18.4. The van der Waals surface area contributed by atoms with Crippen molar-refractivity contribution in [3.63, 3.8) is 0 Å². The second-order valence-corrected chi connectivity index (χ2v) is 15.0. The molecule has 0 aliphatic heterocycles. The van der Waals surface area contributed by atoms with E-state index in [1.807, 2.05) is 6.92 Å². The van der Waals surface area contributed by atoms with E-state index in [0.29, 0.717) is 18.6 Å². The molecule has 15 heteroatoms. The predicted octanol–water partition coefficient (Wildman–Crippen LogP) is 2.86. The molecule has 40 heavy (non-hydrogen) atoms. The van der Waals surface area contributed by atoms with Crippen LogP contribution in [0.15, 0.2) is 35.2 Å². The van der Waals surface area contributed by atoms with Crippen molar-refractivity contribution in [3.8, 4) is 0 Å². The molecule has 2 saturated carbocycles. The fraction of sp³-hybridized carbons (Fsp3) is 0.480. The van der Waals surface area contributed by atoms with Crippen molar-refractivity contribution in [2.24, 2.45) is 17.8 Å². The Morgan fingerprint density at radius 3 is 2.30 bits per heavy atom. The minimum absolute atomic E-state index is 0.0451. The Bertz CT molecular complexity index is 1530. The molecule has 1 amide bonds. The number of benzene rings is 2. The molecule has 220 valence electrons. The number of nitrogens with one attached hydrogen (secondary N) is 2. The van der Waals surface area contributed by atoms with Gasteiger partial charge >= 0.3 is 0 Å². The van der Waals surface area contributed by atoms with Crippen LogP contribution < -0.4 is 10.0 Å². The summed E-state index contributed by atoms with van der Waals surface area (Å²) in [6.45, 7) is 1.39. The Kier molecular flexibility index (Phi) is 8.35. The third-order valence-electron chi connectivity index (χ3n) is 7.91. The second kappa shape index (κ2) is 10.9.